The van der Waals surface area contributed by atoms with Gasteiger partial charge in [-0.1, -0.05) is 55.5 Å². The van der Waals surface area contributed by atoms with Crippen molar-refractivity contribution in [3.05, 3.63) is 131 Å². The summed E-state index contributed by atoms with van der Waals surface area (Å²) in [4.78, 5) is 13.2. The smallest absolute Gasteiger partial charge is 0.251 e. The molecule has 4 aromatic rings. The van der Waals surface area contributed by atoms with E-state index in [4.69, 9.17) is 4.74 Å². The zero-order valence-electron chi connectivity index (χ0n) is 21.7. The van der Waals surface area contributed by atoms with Gasteiger partial charge in [-0.2, -0.15) is 0 Å². The fourth-order valence-electron chi connectivity index (χ4n) is 4.31. The van der Waals surface area contributed by atoms with Gasteiger partial charge in [-0.3, -0.25) is 4.79 Å². The zero-order chi connectivity index (χ0) is 27.6. The van der Waals surface area contributed by atoms with E-state index in [0.29, 0.717) is 29.2 Å². The van der Waals surface area contributed by atoms with Gasteiger partial charge in [0.1, 0.15) is 23.1 Å². The quantitative estimate of drug-likeness (QED) is 0.216. The lowest BCUT2D eigenvalue weighted by molar-refractivity contribution is 0.0829. The third-order valence-electron chi connectivity index (χ3n) is 6.32. The lowest BCUT2D eigenvalue weighted by atomic mass is 10.00. The monoisotopic (exact) mass is 530 g/mol. The highest BCUT2D eigenvalue weighted by Gasteiger charge is 2.23. The SMILES string of the molecule is CCc1cccc(CNC[C@H](O)[C@H](Cc2cc(F)cc(F)c2)NC(=O)c2cccc(Oc3ccccc3)c2)c1. The second kappa shape index (κ2) is 13.6. The topological polar surface area (TPSA) is 70.6 Å². The van der Waals surface area contributed by atoms with Crippen LogP contribution < -0.4 is 15.4 Å². The van der Waals surface area contributed by atoms with E-state index >= 15 is 0 Å². The van der Waals surface area contributed by atoms with Crippen molar-refractivity contribution < 1.29 is 23.4 Å². The van der Waals surface area contributed by atoms with E-state index in [1.165, 1.54) is 17.7 Å². The molecule has 0 heterocycles. The van der Waals surface area contributed by atoms with Gasteiger partial charge in [-0.25, -0.2) is 8.78 Å². The summed E-state index contributed by atoms with van der Waals surface area (Å²) in [5.74, 6) is -0.764. The van der Waals surface area contributed by atoms with Crippen LogP contribution >= 0.6 is 0 Å². The summed E-state index contributed by atoms with van der Waals surface area (Å²) in [6, 6.07) is 26.4. The Morgan fingerprint density at radius 2 is 1.51 bits per heavy atom. The standard InChI is InChI=1S/C32H32F2N2O3/c1-2-22-8-6-9-23(14-22)20-35-21-31(37)30(17-24-15-26(33)19-27(34)16-24)36-32(38)25-10-7-13-29(18-25)39-28-11-4-3-5-12-28/h3-16,18-19,30-31,35,37H,2,17,20-21H2,1H3,(H,36,38)/t30-,31-/m0/s1. The molecule has 0 aliphatic carbocycles. The average molecular weight is 531 g/mol. The summed E-state index contributed by atoms with van der Waals surface area (Å²) in [5, 5.41) is 17.1. The zero-order valence-corrected chi connectivity index (χ0v) is 21.7. The van der Waals surface area contributed by atoms with Gasteiger partial charge in [0, 0.05) is 24.7 Å². The number of rotatable bonds is 12. The number of hydrogen-bond acceptors (Lipinski definition) is 4. The minimum absolute atomic E-state index is 0.0365. The van der Waals surface area contributed by atoms with Crippen molar-refractivity contribution in [2.45, 2.75) is 38.5 Å². The molecule has 0 saturated heterocycles. The Balaban J connectivity index is 1.46. The Kier molecular flexibility index (Phi) is 9.78. The van der Waals surface area contributed by atoms with Crippen LogP contribution in [0, 0.1) is 11.6 Å². The van der Waals surface area contributed by atoms with Crippen LogP contribution in [-0.2, 0) is 19.4 Å². The second-order valence-electron chi connectivity index (χ2n) is 9.38. The number of halogens is 2. The molecule has 0 aliphatic rings. The van der Waals surface area contributed by atoms with Crippen molar-refractivity contribution in [3.63, 3.8) is 0 Å². The van der Waals surface area contributed by atoms with Gasteiger partial charge in [-0.05, 0) is 72.0 Å². The number of para-hydroxylation sites is 1. The van der Waals surface area contributed by atoms with Crippen LogP contribution in [0.3, 0.4) is 0 Å². The largest absolute Gasteiger partial charge is 0.457 e. The van der Waals surface area contributed by atoms with Gasteiger partial charge in [0.25, 0.3) is 5.91 Å². The Labute approximate surface area is 227 Å². The lowest BCUT2D eigenvalue weighted by Gasteiger charge is -2.25. The lowest BCUT2D eigenvalue weighted by Crippen LogP contribution is -2.48. The molecule has 0 spiro atoms. The Bertz CT molecular complexity index is 1360. The summed E-state index contributed by atoms with van der Waals surface area (Å²) in [6.45, 7) is 2.78. The molecule has 0 bridgehead atoms. The van der Waals surface area contributed by atoms with Crippen molar-refractivity contribution in [1.82, 2.24) is 10.6 Å². The molecule has 0 aromatic heterocycles. The molecule has 0 saturated carbocycles. The van der Waals surface area contributed by atoms with Gasteiger partial charge in [0.2, 0.25) is 0 Å². The molecular weight excluding hydrogens is 498 g/mol. The third-order valence-corrected chi connectivity index (χ3v) is 6.32. The predicted octanol–water partition coefficient (Wildman–Crippen LogP) is 5.81. The molecule has 3 N–H and O–H groups in total. The summed E-state index contributed by atoms with van der Waals surface area (Å²) in [6.07, 6.45) is -0.0698. The highest BCUT2D eigenvalue weighted by molar-refractivity contribution is 5.94. The maximum atomic E-state index is 13.9. The third kappa shape index (κ3) is 8.46. The normalized spacial score (nSPS) is 12.5. The second-order valence-corrected chi connectivity index (χ2v) is 9.38. The Hall–Kier alpha value is -4.07. The van der Waals surface area contributed by atoms with Crippen LogP contribution in [0.4, 0.5) is 8.78 Å². The van der Waals surface area contributed by atoms with Gasteiger partial charge < -0.3 is 20.5 Å². The number of aliphatic hydroxyl groups excluding tert-OH is 1. The van der Waals surface area contributed by atoms with Crippen LogP contribution in [0.15, 0.2) is 97.1 Å². The Morgan fingerprint density at radius 3 is 2.26 bits per heavy atom. The number of amides is 1. The van der Waals surface area contributed by atoms with Crippen LogP contribution in [-0.4, -0.2) is 29.7 Å². The highest BCUT2D eigenvalue weighted by atomic mass is 19.1. The van der Waals surface area contributed by atoms with E-state index in [1.54, 1.807) is 24.3 Å². The molecule has 2 atom stereocenters. The molecule has 39 heavy (non-hydrogen) atoms. The van der Waals surface area contributed by atoms with E-state index in [2.05, 4.69) is 29.7 Å². The first-order valence-electron chi connectivity index (χ1n) is 12.9. The van der Waals surface area contributed by atoms with Crippen molar-refractivity contribution in [2.75, 3.05) is 6.54 Å². The molecule has 0 unspecified atom stereocenters. The molecular formula is C32H32F2N2O3. The molecule has 4 aromatic carbocycles. The van der Waals surface area contributed by atoms with Crippen molar-refractivity contribution in [1.29, 1.82) is 0 Å². The van der Waals surface area contributed by atoms with Gasteiger partial charge in [0.05, 0.1) is 12.1 Å². The number of aryl methyl sites for hydroxylation is 1. The summed E-state index contributed by atoms with van der Waals surface area (Å²) in [5.41, 5.74) is 2.94. The van der Waals surface area contributed by atoms with Crippen molar-refractivity contribution in [2.24, 2.45) is 0 Å². The van der Waals surface area contributed by atoms with E-state index in [9.17, 15) is 18.7 Å². The first-order valence-corrected chi connectivity index (χ1v) is 12.9. The first-order chi connectivity index (χ1) is 18.9. The van der Waals surface area contributed by atoms with Crippen LogP contribution in [0.1, 0.15) is 34.0 Å². The number of ether oxygens (including phenoxy) is 1. The van der Waals surface area contributed by atoms with Gasteiger partial charge in [-0.15, -0.1) is 0 Å². The summed E-state index contributed by atoms with van der Waals surface area (Å²) >= 11 is 0. The number of benzene rings is 4. The van der Waals surface area contributed by atoms with Crippen molar-refractivity contribution >= 4 is 5.91 Å². The van der Waals surface area contributed by atoms with E-state index < -0.39 is 29.7 Å². The van der Waals surface area contributed by atoms with Crippen LogP contribution in [0.5, 0.6) is 11.5 Å². The molecule has 0 aliphatic heterocycles. The van der Waals surface area contributed by atoms with Crippen LogP contribution in [0.2, 0.25) is 0 Å². The maximum absolute atomic E-state index is 13.9. The van der Waals surface area contributed by atoms with Gasteiger partial charge >= 0.3 is 0 Å². The molecule has 0 radical (unpaired) electrons. The van der Waals surface area contributed by atoms with Gasteiger partial charge in [0.15, 0.2) is 0 Å². The van der Waals surface area contributed by atoms with Crippen LogP contribution in [0.25, 0.3) is 0 Å². The number of hydrogen-bond donors (Lipinski definition) is 3. The number of nitrogens with one attached hydrogen (secondary N) is 2. The highest BCUT2D eigenvalue weighted by Crippen LogP contribution is 2.22. The fourth-order valence-corrected chi connectivity index (χ4v) is 4.31. The van der Waals surface area contributed by atoms with E-state index in [0.717, 1.165) is 18.1 Å². The number of carbonyl (C=O) groups excluding carboxylic acids is 1. The maximum Gasteiger partial charge on any atom is 0.251 e. The number of aliphatic hydroxyl groups is 1. The molecule has 4 rings (SSSR count). The minimum Gasteiger partial charge on any atom is -0.457 e. The average Bonchev–Trinajstić information content (AvgIpc) is 2.93. The van der Waals surface area contributed by atoms with E-state index in [-0.39, 0.29) is 13.0 Å². The predicted molar refractivity (Wildman–Crippen MR) is 148 cm³/mol. The minimum atomic E-state index is -1.03. The fraction of sp³-hybridized carbons (Fsp3) is 0.219. The molecule has 1 amide bonds. The Morgan fingerprint density at radius 1 is 0.821 bits per heavy atom. The van der Waals surface area contributed by atoms with E-state index in [1.807, 2.05) is 42.5 Å². The summed E-state index contributed by atoms with van der Waals surface area (Å²) < 4.78 is 33.6. The summed E-state index contributed by atoms with van der Waals surface area (Å²) in [7, 11) is 0. The molecule has 7 heteroatoms. The molecule has 0 fully saturated rings. The number of carbonyl (C=O) groups is 1. The van der Waals surface area contributed by atoms with Crippen molar-refractivity contribution in [3.8, 4) is 11.5 Å². The first kappa shape index (κ1) is 28.0. The molecule has 202 valence electrons. The molecule has 5 nitrogen and oxygen atoms in total.